The van der Waals surface area contributed by atoms with E-state index in [1.54, 1.807) is 0 Å². The molecule has 3 nitrogen and oxygen atoms in total. The van der Waals surface area contributed by atoms with Crippen molar-refractivity contribution >= 4 is 0 Å². The van der Waals surface area contributed by atoms with Crippen molar-refractivity contribution in [3.8, 4) is 0 Å². The average molecular weight is 259 g/mol. The molecule has 2 unspecified atom stereocenters. The zero-order valence-corrected chi connectivity index (χ0v) is 11.9. The van der Waals surface area contributed by atoms with Gasteiger partial charge in [0.15, 0.2) is 0 Å². The molecule has 2 atom stereocenters. The first-order valence-electron chi connectivity index (χ1n) is 7.69. The Labute approximate surface area is 116 Å². The summed E-state index contributed by atoms with van der Waals surface area (Å²) >= 11 is 0. The lowest BCUT2D eigenvalue weighted by Crippen LogP contribution is -2.36. The van der Waals surface area contributed by atoms with E-state index in [1.165, 1.54) is 44.3 Å². The summed E-state index contributed by atoms with van der Waals surface area (Å²) in [5.74, 6) is 0.697. The van der Waals surface area contributed by atoms with Crippen LogP contribution < -0.4 is 5.32 Å². The van der Waals surface area contributed by atoms with Gasteiger partial charge >= 0.3 is 0 Å². The summed E-state index contributed by atoms with van der Waals surface area (Å²) in [5.41, 5.74) is 1.24. The van der Waals surface area contributed by atoms with Crippen LogP contribution in [-0.4, -0.2) is 36.1 Å². The van der Waals surface area contributed by atoms with E-state index in [4.69, 9.17) is 0 Å². The number of hydrogen-bond donors (Lipinski definition) is 1. The van der Waals surface area contributed by atoms with Crippen molar-refractivity contribution in [2.75, 3.05) is 20.1 Å². The smallest absolute Gasteiger partial charge is 0.0578 e. The van der Waals surface area contributed by atoms with Crippen LogP contribution in [0.2, 0.25) is 0 Å². The van der Waals surface area contributed by atoms with Crippen molar-refractivity contribution in [1.29, 1.82) is 0 Å². The van der Waals surface area contributed by atoms with Crippen LogP contribution in [0.1, 0.15) is 43.8 Å². The highest BCUT2D eigenvalue weighted by Gasteiger charge is 2.31. The standard InChI is InChI=1S/C16H25N3/c1-19-11-5-3-6-13(12-18-14-8-9-14)16(19)15-7-2-4-10-17-15/h2,4,7,10,13-14,16,18H,3,5-6,8-9,11-12H2,1H3. The third-order valence-electron chi connectivity index (χ3n) is 4.49. The molecule has 3 rings (SSSR count). The van der Waals surface area contributed by atoms with E-state index < -0.39 is 0 Å². The predicted octanol–water partition coefficient (Wildman–Crippen LogP) is 2.61. The minimum absolute atomic E-state index is 0.481. The van der Waals surface area contributed by atoms with Crippen LogP contribution in [0.15, 0.2) is 24.4 Å². The molecule has 2 aliphatic rings. The summed E-state index contributed by atoms with van der Waals surface area (Å²) in [6, 6.07) is 7.61. The maximum Gasteiger partial charge on any atom is 0.0578 e. The van der Waals surface area contributed by atoms with Gasteiger partial charge < -0.3 is 5.32 Å². The van der Waals surface area contributed by atoms with Gasteiger partial charge in [0.1, 0.15) is 0 Å². The Balaban J connectivity index is 1.75. The number of aromatic nitrogens is 1. The Hall–Kier alpha value is -0.930. The van der Waals surface area contributed by atoms with Gasteiger partial charge in [0.25, 0.3) is 0 Å². The molecule has 0 radical (unpaired) electrons. The molecule has 1 aliphatic heterocycles. The topological polar surface area (TPSA) is 28.2 Å². The van der Waals surface area contributed by atoms with E-state index in [0.717, 1.165) is 12.6 Å². The van der Waals surface area contributed by atoms with Gasteiger partial charge in [-0.05, 0) is 57.3 Å². The summed E-state index contributed by atoms with van der Waals surface area (Å²) in [6.45, 7) is 2.34. The molecule has 1 saturated heterocycles. The summed E-state index contributed by atoms with van der Waals surface area (Å²) in [6.07, 6.45) is 8.67. The number of pyridine rings is 1. The molecule has 0 spiro atoms. The second-order valence-electron chi connectivity index (χ2n) is 6.12. The van der Waals surface area contributed by atoms with Gasteiger partial charge in [-0.15, -0.1) is 0 Å². The molecule has 104 valence electrons. The number of nitrogens with one attached hydrogen (secondary N) is 1. The van der Waals surface area contributed by atoms with Crippen LogP contribution >= 0.6 is 0 Å². The maximum absolute atomic E-state index is 4.62. The molecule has 0 bridgehead atoms. The Kier molecular flexibility index (Phi) is 4.14. The monoisotopic (exact) mass is 259 g/mol. The summed E-state index contributed by atoms with van der Waals surface area (Å²) in [4.78, 5) is 7.13. The van der Waals surface area contributed by atoms with Gasteiger partial charge in [-0.2, -0.15) is 0 Å². The van der Waals surface area contributed by atoms with E-state index in [0.29, 0.717) is 12.0 Å². The fraction of sp³-hybridized carbons (Fsp3) is 0.688. The highest BCUT2D eigenvalue weighted by atomic mass is 15.2. The Bertz CT molecular complexity index is 388. The molecule has 1 saturated carbocycles. The van der Waals surface area contributed by atoms with Crippen molar-refractivity contribution in [1.82, 2.24) is 15.2 Å². The number of hydrogen-bond acceptors (Lipinski definition) is 3. The van der Waals surface area contributed by atoms with Crippen LogP contribution in [0.25, 0.3) is 0 Å². The second kappa shape index (κ2) is 6.02. The summed E-state index contributed by atoms with van der Waals surface area (Å²) < 4.78 is 0. The van der Waals surface area contributed by atoms with Gasteiger partial charge in [0, 0.05) is 18.8 Å². The lowest BCUT2D eigenvalue weighted by molar-refractivity contribution is 0.184. The number of likely N-dealkylation sites (tertiary alicyclic amines) is 1. The predicted molar refractivity (Wildman–Crippen MR) is 78.0 cm³/mol. The Morgan fingerprint density at radius 3 is 2.89 bits per heavy atom. The van der Waals surface area contributed by atoms with Crippen molar-refractivity contribution in [2.45, 2.75) is 44.2 Å². The van der Waals surface area contributed by atoms with Gasteiger partial charge in [-0.3, -0.25) is 9.88 Å². The minimum atomic E-state index is 0.481. The van der Waals surface area contributed by atoms with Crippen LogP contribution in [0.3, 0.4) is 0 Å². The SMILES string of the molecule is CN1CCCCC(CNC2CC2)C1c1ccccn1. The molecule has 3 heteroatoms. The Morgan fingerprint density at radius 2 is 2.16 bits per heavy atom. The van der Waals surface area contributed by atoms with Crippen molar-refractivity contribution < 1.29 is 0 Å². The second-order valence-corrected chi connectivity index (χ2v) is 6.12. The van der Waals surface area contributed by atoms with Crippen LogP contribution in [0, 0.1) is 5.92 Å². The van der Waals surface area contributed by atoms with Gasteiger partial charge in [-0.25, -0.2) is 0 Å². The van der Waals surface area contributed by atoms with E-state index in [1.807, 2.05) is 12.3 Å². The number of nitrogens with zero attached hydrogens (tertiary/aromatic N) is 2. The van der Waals surface area contributed by atoms with Crippen LogP contribution in [-0.2, 0) is 0 Å². The van der Waals surface area contributed by atoms with Crippen LogP contribution in [0.5, 0.6) is 0 Å². The molecule has 0 amide bonds. The lowest BCUT2D eigenvalue weighted by Gasteiger charge is -2.32. The number of rotatable bonds is 4. The third-order valence-corrected chi connectivity index (χ3v) is 4.49. The zero-order chi connectivity index (χ0) is 13.1. The Morgan fingerprint density at radius 1 is 1.26 bits per heavy atom. The summed E-state index contributed by atoms with van der Waals surface area (Å²) in [7, 11) is 2.26. The van der Waals surface area contributed by atoms with Crippen molar-refractivity contribution in [2.24, 2.45) is 5.92 Å². The first-order valence-corrected chi connectivity index (χ1v) is 7.69. The van der Waals surface area contributed by atoms with E-state index in [-0.39, 0.29) is 0 Å². The molecule has 19 heavy (non-hydrogen) atoms. The molecular formula is C16H25N3. The van der Waals surface area contributed by atoms with Gasteiger partial charge in [0.05, 0.1) is 11.7 Å². The van der Waals surface area contributed by atoms with Crippen molar-refractivity contribution in [3.05, 3.63) is 30.1 Å². The first-order chi connectivity index (χ1) is 9.34. The normalized spacial score (nSPS) is 29.1. The van der Waals surface area contributed by atoms with E-state index in [2.05, 4.69) is 34.4 Å². The minimum Gasteiger partial charge on any atom is -0.314 e. The molecule has 1 aromatic heterocycles. The summed E-state index contributed by atoms with van der Waals surface area (Å²) in [5, 5.41) is 3.72. The largest absolute Gasteiger partial charge is 0.314 e. The van der Waals surface area contributed by atoms with E-state index in [9.17, 15) is 0 Å². The van der Waals surface area contributed by atoms with E-state index >= 15 is 0 Å². The molecule has 1 aliphatic carbocycles. The average Bonchev–Trinajstić information content (AvgIpc) is 3.25. The molecular weight excluding hydrogens is 234 g/mol. The fourth-order valence-corrected chi connectivity index (χ4v) is 3.26. The molecule has 0 aromatic carbocycles. The lowest BCUT2D eigenvalue weighted by atomic mass is 9.92. The van der Waals surface area contributed by atoms with Crippen molar-refractivity contribution in [3.63, 3.8) is 0 Å². The fourth-order valence-electron chi connectivity index (χ4n) is 3.26. The van der Waals surface area contributed by atoms with Crippen LogP contribution in [0.4, 0.5) is 0 Å². The molecule has 2 fully saturated rings. The molecule has 2 heterocycles. The quantitative estimate of drug-likeness (QED) is 0.901. The molecule has 1 aromatic rings. The van der Waals surface area contributed by atoms with Gasteiger partial charge in [-0.1, -0.05) is 12.5 Å². The maximum atomic E-state index is 4.62. The molecule has 1 N–H and O–H groups in total. The zero-order valence-electron chi connectivity index (χ0n) is 11.9. The first kappa shape index (κ1) is 13.1. The highest BCUT2D eigenvalue weighted by Crippen LogP contribution is 2.33. The highest BCUT2D eigenvalue weighted by molar-refractivity contribution is 5.11. The van der Waals surface area contributed by atoms with Gasteiger partial charge in [0.2, 0.25) is 0 Å². The third kappa shape index (κ3) is 3.34.